The Labute approximate surface area is 139 Å². The highest BCUT2D eigenvalue weighted by Crippen LogP contribution is 2.24. The minimum Gasteiger partial charge on any atom is -0.383 e. The van der Waals surface area contributed by atoms with Gasteiger partial charge in [0, 0.05) is 10.6 Å². The largest absolute Gasteiger partial charge is 0.383 e. The Bertz CT molecular complexity index is 664. The second-order valence-electron chi connectivity index (χ2n) is 5.44. The fourth-order valence-corrected chi connectivity index (χ4v) is 2.80. The highest BCUT2D eigenvalue weighted by Gasteiger charge is 2.26. The lowest BCUT2D eigenvalue weighted by molar-refractivity contribution is -0.136. The molecule has 0 aliphatic rings. The van der Waals surface area contributed by atoms with Crippen molar-refractivity contribution in [1.82, 2.24) is 5.32 Å². The molecule has 0 saturated heterocycles. The Balaban J connectivity index is 1.88. The van der Waals surface area contributed by atoms with Crippen LogP contribution in [0.3, 0.4) is 0 Å². The van der Waals surface area contributed by atoms with E-state index in [1.54, 1.807) is 25.1 Å². The minimum absolute atomic E-state index is 0.0332. The molecule has 1 aromatic carbocycles. The van der Waals surface area contributed by atoms with Gasteiger partial charge in [0.25, 0.3) is 0 Å². The zero-order valence-electron chi connectivity index (χ0n) is 13.1. The maximum absolute atomic E-state index is 11.9. The van der Waals surface area contributed by atoms with E-state index in [9.17, 15) is 14.7 Å². The first-order valence-electron chi connectivity index (χ1n) is 7.37. The molecule has 1 unspecified atom stereocenters. The maximum atomic E-state index is 11.9. The number of hydrogen-bond acceptors (Lipinski definition) is 4. The third-order valence-electron chi connectivity index (χ3n) is 3.47. The topological polar surface area (TPSA) is 78.4 Å². The van der Waals surface area contributed by atoms with Crippen LogP contribution in [0.1, 0.15) is 24.3 Å². The van der Waals surface area contributed by atoms with Gasteiger partial charge in [-0.2, -0.15) is 0 Å². The molecule has 0 spiro atoms. The van der Waals surface area contributed by atoms with Crippen molar-refractivity contribution in [2.45, 2.75) is 25.9 Å². The van der Waals surface area contributed by atoms with Crippen molar-refractivity contribution in [3.8, 4) is 0 Å². The number of amides is 2. The number of anilines is 1. The molecule has 0 aliphatic heterocycles. The summed E-state index contributed by atoms with van der Waals surface area (Å²) in [6.07, 6.45) is 0.909. The van der Waals surface area contributed by atoms with E-state index in [0.29, 0.717) is 5.69 Å². The Morgan fingerprint density at radius 1 is 1.17 bits per heavy atom. The molecule has 1 atom stereocenters. The Kier molecular flexibility index (Phi) is 5.52. The number of aryl methyl sites for hydroxylation is 1. The van der Waals surface area contributed by atoms with Crippen molar-refractivity contribution < 1.29 is 14.7 Å². The summed E-state index contributed by atoms with van der Waals surface area (Å²) >= 11 is 1.39. The van der Waals surface area contributed by atoms with Crippen molar-refractivity contribution in [3.63, 3.8) is 0 Å². The molecular weight excluding hydrogens is 312 g/mol. The molecule has 1 heterocycles. The number of hydrogen-bond donors (Lipinski definition) is 3. The number of carbonyl (C=O) groups is 2. The number of thiophene rings is 1. The first-order valence-corrected chi connectivity index (χ1v) is 8.25. The van der Waals surface area contributed by atoms with Crippen LogP contribution in [0.4, 0.5) is 5.69 Å². The molecule has 122 valence electrons. The van der Waals surface area contributed by atoms with E-state index in [4.69, 9.17) is 0 Å². The Hall–Kier alpha value is -2.18. The quantitative estimate of drug-likeness (QED) is 0.735. The smallest absolute Gasteiger partial charge is 0.313 e. The van der Waals surface area contributed by atoms with Gasteiger partial charge >= 0.3 is 11.8 Å². The van der Waals surface area contributed by atoms with Gasteiger partial charge in [-0.1, -0.05) is 25.1 Å². The van der Waals surface area contributed by atoms with Gasteiger partial charge in [-0.05, 0) is 42.5 Å². The average molecular weight is 332 g/mol. The summed E-state index contributed by atoms with van der Waals surface area (Å²) < 4.78 is 0. The fraction of sp³-hybridized carbons (Fsp3) is 0.294. The highest BCUT2D eigenvalue weighted by atomic mass is 32.1. The van der Waals surface area contributed by atoms with Gasteiger partial charge < -0.3 is 15.7 Å². The van der Waals surface area contributed by atoms with Crippen LogP contribution in [0.25, 0.3) is 0 Å². The van der Waals surface area contributed by atoms with Crippen molar-refractivity contribution in [3.05, 3.63) is 52.2 Å². The summed E-state index contributed by atoms with van der Waals surface area (Å²) in [4.78, 5) is 24.5. The van der Waals surface area contributed by atoms with Crippen molar-refractivity contribution in [1.29, 1.82) is 0 Å². The van der Waals surface area contributed by atoms with Crippen LogP contribution >= 0.6 is 11.3 Å². The van der Waals surface area contributed by atoms with Gasteiger partial charge in [0.2, 0.25) is 0 Å². The molecule has 23 heavy (non-hydrogen) atoms. The first kappa shape index (κ1) is 17.2. The van der Waals surface area contributed by atoms with E-state index in [0.717, 1.165) is 16.9 Å². The third-order valence-corrected chi connectivity index (χ3v) is 4.59. The van der Waals surface area contributed by atoms with Crippen LogP contribution < -0.4 is 10.6 Å². The van der Waals surface area contributed by atoms with Gasteiger partial charge in [0.1, 0.15) is 5.60 Å². The minimum atomic E-state index is -1.20. The van der Waals surface area contributed by atoms with Crippen molar-refractivity contribution in [2.75, 3.05) is 11.9 Å². The number of benzene rings is 1. The molecule has 0 radical (unpaired) electrons. The lowest BCUT2D eigenvalue weighted by Gasteiger charge is -2.22. The van der Waals surface area contributed by atoms with Gasteiger partial charge in [-0.3, -0.25) is 9.59 Å². The van der Waals surface area contributed by atoms with Crippen molar-refractivity contribution in [2.24, 2.45) is 0 Å². The first-order chi connectivity index (χ1) is 10.9. The molecular formula is C17H20N2O3S. The number of aliphatic hydroxyl groups is 1. The molecule has 2 amide bonds. The molecule has 0 bridgehead atoms. The zero-order chi connectivity index (χ0) is 16.9. The van der Waals surface area contributed by atoms with Gasteiger partial charge in [-0.15, -0.1) is 11.3 Å². The molecule has 2 aromatic rings. The van der Waals surface area contributed by atoms with Crippen LogP contribution in [-0.4, -0.2) is 23.5 Å². The van der Waals surface area contributed by atoms with Crippen molar-refractivity contribution >= 4 is 28.8 Å². The van der Waals surface area contributed by atoms with Gasteiger partial charge in [0.15, 0.2) is 0 Å². The van der Waals surface area contributed by atoms with E-state index in [1.165, 1.54) is 11.3 Å². The Morgan fingerprint density at radius 3 is 2.43 bits per heavy atom. The number of carbonyl (C=O) groups excluding carboxylic acids is 2. The van der Waals surface area contributed by atoms with Gasteiger partial charge in [-0.25, -0.2) is 0 Å². The fourth-order valence-electron chi connectivity index (χ4n) is 2.02. The maximum Gasteiger partial charge on any atom is 0.313 e. The highest BCUT2D eigenvalue weighted by molar-refractivity contribution is 7.10. The van der Waals surface area contributed by atoms with Crippen LogP contribution in [0, 0.1) is 0 Å². The third kappa shape index (κ3) is 4.64. The van der Waals surface area contributed by atoms with E-state index in [1.807, 2.05) is 30.5 Å². The summed E-state index contributed by atoms with van der Waals surface area (Å²) in [5, 5.41) is 17.2. The predicted molar refractivity (Wildman–Crippen MR) is 91.3 cm³/mol. The van der Waals surface area contributed by atoms with Crippen LogP contribution in [0.2, 0.25) is 0 Å². The molecule has 0 aliphatic carbocycles. The van der Waals surface area contributed by atoms with E-state index < -0.39 is 17.4 Å². The molecule has 0 saturated carbocycles. The standard InChI is InChI=1S/C17H20N2O3S/c1-3-12-6-8-13(9-7-12)19-16(21)15(20)18-11-17(2,22)14-5-4-10-23-14/h4-10,22H,3,11H2,1-2H3,(H,18,20)(H,19,21). The summed E-state index contributed by atoms with van der Waals surface area (Å²) in [5.74, 6) is -1.53. The van der Waals surface area contributed by atoms with E-state index in [2.05, 4.69) is 10.6 Å². The van der Waals surface area contributed by atoms with Crippen LogP contribution in [-0.2, 0) is 21.6 Å². The number of rotatable bonds is 5. The summed E-state index contributed by atoms with van der Waals surface area (Å²) in [6.45, 7) is 3.61. The zero-order valence-corrected chi connectivity index (χ0v) is 13.9. The molecule has 1 aromatic heterocycles. The molecule has 3 N–H and O–H groups in total. The number of nitrogens with one attached hydrogen (secondary N) is 2. The summed E-state index contributed by atoms with van der Waals surface area (Å²) in [6, 6.07) is 10.9. The lowest BCUT2D eigenvalue weighted by Crippen LogP contribution is -2.42. The van der Waals surface area contributed by atoms with E-state index >= 15 is 0 Å². The predicted octanol–water partition coefficient (Wildman–Crippen LogP) is 2.27. The van der Waals surface area contributed by atoms with E-state index in [-0.39, 0.29) is 6.54 Å². The average Bonchev–Trinajstić information content (AvgIpc) is 3.08. The monoisotopic (exact) mass is 332 g/mol. The van der Waals surface area contributed by atoms with Crippen LogP contribution in [0.15, 0.2) is 41.8 Å². The second kappa shape index (κ2) is 7.39. The SMILES string of the molecule is CCc1ccc(NC(=O)C(=O)NCC(C)(O)c2cccs2)cc1. The molecule has 5 nitrogen and oxygen atoms in total. The second-order valence-corrected chi connectivity index (χ2v) is 6.39. The lowest BCUT2D eigenvalue weighted by atomic mass is 10.1. The normalized spacial score (nSPS) is 13.2. The summed E-state index contributed by atoms with van der Waals surface area (Å²) in [7, 11) is 0. The molecule has 0 fully saturated rings. The Morgan fingerprint density at radius 2 is 1.87 bits per heavy atom. The van der Waals surface area contributed by atoms with Gasteiger partial charge in [0.05, 0.1) is 6.54 Å². The van der Waals surface area contributed by atoms with Crippen LogP contribution in [0.5, 0.6) is 0 Å². The summed E-state index contributed by atoms with van der Waals surface area (Å²) in [5.41, 5.74) is 0.513. The molecule has 2 rings (SSSR count). The molecule has 6 heteroatoms.